The van der Waals surface area contributed by atoms with E-state index in [2.05, 4.69) is 17.2 Å². The highest BCUT2D eigenvalue weighted by Gasteiger charge is 2.29. The van der Waals surface area contributed by atoms with Crippen LogP contribution in [0.4, 0.5) is 0 Å². The van der Waals surface area contributed by atoms with Crippen LogP contribution in [-0.2, 0) is 11.3 Å². The van der Waals surface area contributed by atoms with Gasteiger partial charge in [-0.05, 0) is 44.9 Å². The molecular formula is C14H21N3O. The van der Waals surface area contributed by atoms with E-state index in [0.717, 1.165) is 24.8 Å². The molecule has 4 nitrogen and oxygen atoms in total. The lowest BCUT2D eigenvalue weighted by Crippen LogP contribution is -2.46. The van der Waals surface area contributed by atoms with Gasteiger partial charge in [0.15, 0.2) is 0 Å². The SMILES string of the molecule is CNC1CCCC(C)N(Cc2cccnc2)C1=O. The highest BCUT2D eigenvalue weighted by atomic mass is 16.2. The number of pyridine rings is 1. The smallest absolute Gasteiger partial charge is 0.240 e. The molecule has 2 rings (SSSR count). The summed E-state index contributed by atoms with van der Waals surface area (Å²) in [7, 11) is 1.86. The van der Waals surface area contributed by atoms with Crippen LogP contribution in [0.15, 0.2) is 24.5 Å². The zero-order valence-electron chi connectivity index (χ0n) is 11.1. The molecule has 1 aliphatic rings. The van der Waals surface area contributed by atoms with Gasteiger partial charge in [0.25, 0.3) is 0 Å². The maximum atomic E-state index is 12.4. The molecule has 2 heterocycles. The molecule has 1 aromatic rings. The van der Waals surface area contributed by atoms with Gasteiger partial charge in [0.05, 0.1) is 6.04 Å². The van der Waals surface area contributed by atoms with Gasteiger partial charge in [0.1, 0.15) is 0 Å². The van der Waals surface area contributed by atoms with Crippen molar-refractivity contribution in [3.05, 3.63) is 30.1 Å². The Morgan fingerprint density at radius 2 is 2.33 bits per heavy atom. The van der Waals surface area contributed by atoms with E-state index in [1.165, 1.54) is 0 Å². The molecule has 4 heteroatoms. The molecule has 1 fully saturated rings. The predicted octanol–water partition coefficient (Wildman–Crippen LogP) is 1.57. The number of nitrogens with zero attached hydrogens (tertiary/aromatic N) is 2. The van der Waals surface area contributed by atoms with Crippen LogP contribution in [0.5, 0.6) is 0 Å². The Bertz CT molecular complexity index is 393. The third-order valence-corrected chi connectivity index (χ3v) is 3.65. The van der Waals surface area contributed by atoms with E-state index < -0.39 is 0 Å². The van der Waals surface area contributed by atoms with E-state index in [0.29, 0.717) is 12.6 Å². The lowest BCUT2D eigenvalue weighted by Gasteiger charge is -2.29. The molecule has 2 unspecified atom stereocenters. The number of rotatable bonds is 3. The molecule has 1 saturated heterocycles. The first-order valence-corrected chi connectivity index (χ1v) is 6.59. The number of nitrogens with one attached hydrogen (secondary N) is 1. The van der Waals surface area contributed by atoms with Gasteiger partial charge in [0, 0.05) is 25.0 Å². The first kappa shape index (κ1) is 13.0. The van der Waals surface area contributed by atoms with Crippen LogP contribution in [-0.4, -0.2) is 34.9 Å². The molecule has 18 heavy (non-hydrogen) atoms. The zero-order chi connectivity index (χ0) is 13.0. The summed E-state index contributed by atoms with van der Waals surface area (Å²) in [4.78, 5) is 18.5. The Morgan fingerprint density at radius 1 is 1.50 bits per heavy atom. The molecule has 0 aromatic carbocycles. The van der Waals surface area contributed by atoms with Gasteiger partial charge in [-0.3, -0.25) is 9.78 Å². The summed E-state index contributed by atoms with van der Waals surface area (Å²) in [6.45, 7) is 2.79. The van der Waals surface area contributed by atoms with Gasteiger partial charge in [-0.2, -0.15) is 0 Å². The van der Waals surface area contributed by atoms with Crippen molar-refractivity contribution in [3.8, 4) is 0 Å². The normalized spacial score (nSPS) is 25.0. The Kier molecular flexibility index (Phi) is 4.31. The summed E-state index contributed by atoms with van der Waals surface area (Å²) in [5, 5.41) is 3.12. The second kappa shape index (κ2) is 5.96. The maximum absolute atomic E-state index is 12.4. The summed E-state index contributed by atoms with van der Waals surface area (Å²) >= 11 is 0. The summed E-state index contributed by atoms with van der Waals surface area (Å²) in [5.41, 5.74) is 1.09. The molecule has 0 radical (unpaired) electrons. The van der Waals surface area contributed by atoms with Crippen molar-refractivity contribution >= 4 is 5.91 Å². The number of likely N-dealkylation sites (N-methyl/N-ethyl adjacent to an activating group) is 1. The Hall–Kier alpha value is -1.42. The van der Waals surface area contributed by atoms with Crippen molar-refractivity contribution in [1.29, 1.82) is 0 Å². The van der Waals surface area contributed by atoms with Gasteiger partial charge < -0.3 is 10.2 Å². The second-order valence-corrected chi connectivity index (χ2v) is 4.95. The van der Waals surface area contributed by atoms with Gasteiger partial charge in [-0.15, -0.1) is 0 Å². The number of carbonyl (C=O) groups excluding carboxylic acids is 1. The van der Waals surface area contributed by atoms with Crippen molar-refractivity contribution in [2.24, 2.45) is 0 Å². The number of likely N-dealkylation sites (tertiary alicyclic amines) is 1. The minimum absolute atomic E-state index is 0.0355. The van der Waals surface area contributed by atoms with E-state index in [-0.39, 0.29) is 11.9 Å². The predicted molar refractivity (Wildman–Crippen MR) is 70.9 cm³/mol. The average Bonchev–Trinajstić information content (AvgIpc) is 2.53. The highest BCUT2D eigenvalue weighted by Crippen LogP contribution is 2.20. The molecule has 0 aliphatic carbocycles. The molecule has 0 bridgehead atoms. The van der Waals surface area contributed by atoms with Crippen LogP contribution in [0, 0.1) is 0 Å². The number of hydrogen-bond acceptors (Lipinski definition) is 3. The lowest BCUT2D eigenvalue weighted by atomic mass is 10.1. The molecule has 98 valence electrons. The molecule has 1 aliphatic heterocycles. The minimum Gasteiger partial charge on any atom is -0.334 e. The average molecular weight is 247 g/mol. The summed E-state index contributed by atoms with van der Waals surface area (Å²) in [5.74, 6) is 0.214. The maximum Gasteiger partial charge on any atom is 0.240 e. The molecule has 0 spiro atoms. The molecule has 1 N–H and O–H groups in total. The number of aromatic nitrogens is 1. The van der Waals surface area contributed by atoms with Crippen LogP contribution in [0.3, 0.4) is 0 Å². The van der Waals surface area contributed by atoms with Gasteiger partial charge in [-0.25, -0.2) is 0 Å². The van der Waals surface area contributed by atoms with Crippen molar-refractivity contribution in [2.75, 3.05) is 7.05 Å². The molecule has 0 saturated carbocycles. The number of amides is 1. The Morgan fingerprint density at radius 3 is 3.00 bits per heavy atom. The van der Waals surface area contributed by atoms with Crippen LogP contribution in [0.1, 0.15) is 31.7 Å². The second-order valence-electron chi connectivity index (χ2n) is 4.95. The topological polar surface area (TPSA) is 45.2 Å². The molecule has 2 atom stereocenters. The third-order valence-electron chi connectivity index (χ3n) is 3.65. The van der Waals surface area contributed by atoms with Crippen LogP contribution in [0.25, 0.3) is 0 Å². The first-order chi connectivity index (χ1) is 8.72. The molecule has 1 aromatic heterocycles. The third kappa shape index (κ3) is 2.88. The fourth-order valence-electron chi connectivity index (χ4n) is 2.50. The van der Waals surface area contributed by atoms with E-state index in [1.54, 1.807) is 6.20 Å². The van der Waals surface area contributed by atoms with Gasteiger partial charge >= 0.3 is 0 Å². The van der Waals surface area contributed by atoms with Gasteiger partial charge in [-0.1, -0.05) is 6.07 Å². The standard InChI is InChI=1S/C14H21N3O/c1-11-5-3-7-13(15-2)14(18)17(11)10-12-6-4-8-16-9-12/h4,6,8-9,11,13,15H,3,5,7,10H2,1-2H3. The van der Waals surface area contributed by atoms with E-state index in [9.17, 15) is 4.79 Å². The highest BCUT2D eigenvalue weighted by molar-refractivity contribution is 5.82. The molecular weight excluding hydrogens is 226 g/mol. The van der Waals surface area contributed by atoms with E-state index >= 15 is 0 Å². The quantitative estimate of drug-likeness (QED) is 0.882. The summed E-state index contributed by atoms with van der Waals surface area (Å²) in [6, 6.07) is 4.20. The molecule has 1 amide bonds. The first-order valence-electron chi connectivity index (χ1n) is 6.59. The summed E-state index contributed by atoms with van der Waals surface area (Å²) < 4.78 is 0. The number of carbonyl (C=O) groups is 1. The van der Waals surface area contributed by atoms with Crippen LogP contribution in [0.2, 0.25) is 0 Å². The fraction of sp³-hybridized carbons (Fsp3) is 0.571. The van der Waals surface area contributed by atoms with Crippen LogP contribution >= 0.6 is 0 Å². The van der Waals surface area contributed by atoms with Crippen molar-refractivity contribution < 1.29 is 4.79 Å². The lowest BCUT2D eigenvalue weighted by molar-refractivity contribution is -0.135. The van der Waals surface area contributed by atoms with E-state index in [4.69, 9.17) is 0 Å². The summed E-state index contributed by atoms with van der Waals surface area (Å²) in [6.07, 6.45) is 6.70. The number of hydrogen-bond donors (Lipinski definition) is 1. The van der Waals surface area contributed by atoms with Crippen molar-refractivity contribution in [2.45, 2.75) is 44.8 Å². The van der Waals surface area contributed by atoms with Crippen molar-refractivity contribution in [3.63, 3.8) is 0 Å². The zero-order valence-corrected chi connectivity index (χ0v) is 11.1. The van der Waals surface area contributed by atoms with Crippen molar-refractivity contribution in [1.82, 2.24) is 15.2 Å². The Labute approximate surface area is 108 Å². The Balaban J connectivity index is 2.14. The van der Waals surface area contributed by atoms with E-state index in [1.807, 2.05) is 30.3 Å². The monoisotopic (exact) mass is 247 g/mol. The van der Waals surface area contributed by atoms with Crippen LogP contribution < -0.4 is 5.32 Å². The largest absolute Gasteiger partial charge is 0.334 e. The fourth-order valence-corrected chi connectivity index (χ4v) is 2.50. The minimum atomic E-state index is -0.0355. The van der Waals surface area contributed by atoms with Gasteiger partial charge in [0.2, 0.25) is 5.91 Å².